The van der Waals surface area contributed by atoms with Crippen LogP contribution in [0.25, 0.3) is 22.2 Å². The lowest BCUT2D eigenvalue weighted by molar-refractivity contribution is -0.124. The highest BCUT2D eigenvalue weighted by Crippen LogP contribution is 2.29. The number of carbonyl (C=O) groups is 2. The third-order valence-corrected chi connectivity index (χ3v) is 3.53. The maximum Gasteiger partial charge on any atom is 0.338 e. The number of rotatable bonds is 6. The molecule has 3 aromatic rings. The second-order valence-electron chi connectivity index (χ2n) is 5.28. The summed E-state index contributed by atoms with van der Waals surface area (Å²) in [6.45, 7) is 3.47. The quantitative estimate of drug-likeness (QED) is 0.553. The number of carbonyl (C=O) groups excluding carboxylic acids is 2. The first-order chi connectivity index (χ1) is 12.2. The van der Waals surface area contributed by atoms with E-state index in [4.69, 9.17) is 9.26 Å². The van der Waals surface area contributed by atoms with E-state index in [1.807, 2.05) is 30.3 Å². The van der Waals surface area contributed by atoms with Crippen LogP contribution in [0.1, 0.15) is 10.4 Å². The maximum atomic E-state index is 12.2. The van der Waals surface area contributed by atoms with Crippen molar-refractivity contribution in [2.75, 3.05) is 13.2 Å². The maximum absolute atomic E-state index is 12.2. The molecule has 1 heterocycles. The zero-order valence-electron chi connectivity index (χ0n) is 13.4. The van der Waals surface area contributed by atoms with Gasteiger partial charge in [-0.1, -0.05) is 41.6 Å². The van der Waals surface area contributed by atoms with E-state index in [1.54, 1.807) is 24.3 Å². The fourth-order valence-electron chi connectivity index (χ4n) is 2.32. The van der Waals surface area contributed by atoms with Crippen LogP contribution in [0.3, 0.4) is 0 Å². The fourth-order valence-corrected chi connectivity index (χ4v) is 2.32. The lowest BCUT2D eigenvalue weighted by atomic mass is 10.1. The van der Waals surface area contributed by atoms with E-state index < -0.39 is 5.97 Å². The zero-order chi connectivity index (χ0) is 17.6. The number of nitrogens with one attached hydrogen (secondary N) is 1. The van der Waals surface area contributed by atoms with Crippen LogP contribution < -0.4 is 5.32 Å². The van der Waals surface area contributed by atoms with Crippen molar-refractivity contribution in [3.63, 3.8) is 0 Å². The standard InChI is InChI=1S/C19H16N2O4/c1-2-10-20-17(22)12-24-19(23)14-8-9-16-15(11-14)18(25-21-16)13-6-4-3-5-7-13/h2-9,11H,1,10,12H2,(H,20,22). The smallest absolute Gasteiger partial charge is 0.338 e. The third-order valence-electron chi connectivity index (χ3n) is 3.53. The molecule has 0 atom stereocenters. The zero-order valence-corrected chi connectivity index (χ0v) is 13.4. The molecule has 0 fully saturated rings. The number of esters is 1. The highest BCUT2D eigenvalue weighted by Gasteiger charge is 2.15. The van der Waals surface area contributed by atoms with Gasteiger partial charge in [-0.15, -0.1) is 6.58 Å². The third kappa shape index (κ3) is 3.74. The lowest BCUT2D eigenvalue weighted by Crippen LogP contribution is -2.28. The first kappa shape index (κ1) is 16.4. The van der Waals surface area contributed by atoms with Crippen molar-refractivity contribution in [2.45, 2.75) is 0 Å². The van der Waals surface area contributed by atoms with Gasteiger partial charge in [0.1, 0.15) is 5.52 Å². The summed E-state index contributed by atoms with van der Waals surface area (Å²) in [6.07, 6.45) is 1.55. The van der Waals surface area contributed by atoms with E-state index >= 15 is 0 Å². The van der Waals surface area contributed by atoms with Gasteiger partial charge in [0, 0.05) is 12.1 Å². The van der Waals surface area contributed by atoms with Gasteiger partial charge in [-0.2, -0.15) is 0 Å². The number of ether oxygens (including phenoxy) is 1. The van der Waals surface area contributed by atoms with Crippen molar-refractivity contribution in [3.8, 4) is 11.3 Å². The number of hydrogen-bond donors (Lipinski definition) is 1. The minimum absolute atomic E-state index is 0.323. The molecule has 0 spiro atoms. The summed E-state index contributed by atoms with van der Waals surface area (Å²) in [5.41, 5.74) is 1.82. The Morgan fingerprint density at radius 1 is 1.20 bits per heavy atom. The summed E-state index contributed by atoms with van der Waals surface area (Å²) < 4.78 is 10.4. The number of nitrogens with zero attached hydrogens (tertiary/aromatic N) is 1. The van der Waals surface area contributed by atoms with Crippen LogP contribution in [0.15, 0.2) is 65.7 Å². The van der Waals surface area contributed by atoms with Gasteiger partial charge in [0.25, 0.3) is 5.91 Å². The number of benzene rings is 2. The number of fused-ring (bicyclic) bond motifs is 1. The molecule has 6 heteroatoms. The molecule has 0 aliphatic carbocycles. The molecule has 0 saturated carbocycles. The number of amides is 1. The molecule has 0 radical (unpaired) electrons. The Bertz CT molecular complexity index is 916. The van der Waals surface area contributed by atoms with Gasteiger partial charge in [0.2, 0.25) is 0 Å². The van der Waals surface area contributed by atoms with Crippen molar-refractivity contribution < 1.29 is 18.8 Å². The molecular formula is C19H16N2O4. The van der Waals surface area contributed by atoms with Crippen molar-refractivity contribution in [3.05, 3.63) is 66.7 Å². The van der Waals surface area contributed by atoms with Gasteiger partial charge in [0.15, 0.2) is 12.4 Å². The molecule has 0 aliphatic rings. The first-order valence-electron chi connectivity index (χ1n) is 7.68. The average molecular weight is 336 g/mol. The Hall–Kier alpha value is -3.41. The van der Waals surface area contributed by atoms with E-state index in [2.05, 4.69) is 17.1 Å². The normalized spacial score (nSPS) is 10.4. The van der Waals surface area contributed by atoms with Crippen LogP contribution in [0, 0.1) is 0 Å². The van der Waals surface area contributed by atoms with E-state index in [9.17, 15) is 9.59 Å². The lowest BCUT2D eigenvalue weighted by Gasteiger charge is -2.05. The van der Waals surface area contributed by atoms with Crippen LogP contribution in [0.5, 0.6) is 0 Å². The molecule has 2 aromatic carbocycles. The molecule has 0 bridgehead atoms. The Morgan fingerprint density at radius 2 is 2.00 bits per heavy atom. The van der Waals surface area contributed by atoms with E-state index in [0.717, 1.165) is 5.56 Å². The molecule has 6 nitrogen and oxygen atoms in total. The Morgan fingerprint density at radius 3 is 2.76 bits per heavy atom. The second-order valence-corrected chi connectivity index (χ2v) is 5.28. The summed E-state index contributed by atoms with van der Waals surface area (Å²) in [5, 5.41) is 7.24. The highest BCUT2D eigenvalue weighted by atomic mass is 16.5. The highest BCUT2D eigenvalue weighted by molar-refractivity contribution is 5.99. The van der Waals surface area contributed by atoms with Gasteiger partial charge in [-0.25, -0.2) is 4.79 Å². The summed E-state index contributed by atoms with van der Waals surface area (Å²) in [6, 6.07) is 14.4. The minimum Gasteiger partial charge on any atom is -0.452 e. The summed E-state index contributed by atoms with van der Waals surface area (Å²) >= 11 is 0. The van der Waals surface area contributed by atoms with Gasteiger partial charge >= 0.3 is 5.97 Å². The molecule has 126 valence electrons. The molecule has 0 aliphatic heterocycles. The van der Waals surface area contributed by atoms with Crippen molar-refractivity contribution in [1.82, 2.24) is 10.5 Å². The van der Waals surface area contributed by atoms with E-state index in [0.29, 0.717) is 28.8 Å². The predicted molar refractivity (Wildman–Crippen MR) is 92.9 cm³/mol. The molecule has 1 aromatic heterocycles. The van der Waals surface area contributed by atoms with Crippen LogP contribution >= 0.6 is 0 Å². The topological polar surface area (TPSA) is 81.4 Å². The monoisotopic (exact) mass is 336 g/mol. The van der Waals surface area contributed by atoms with Gasteiger partial charge in [0.05, 0.1) is 10.9 Å². The molecule has 1 N–H and O–H groups in total. The number of aromatic nitrogens is 1. The molecule has 0 unspecified atom stereocenters. The molecule has 1 amide bonds. The van der Waals surface area contributed by atoms with Crippen molar-refractivity contribution >= 4 is 22.8 Å². The van der Waals surface area contributed by atoms with Gasteiger partial charge in [-0.05, 0) is 18.2 Å². The van der Waals surface area contributed by atoms with Crippen molar-refractivity contribution in [1.29, 1.82) is 0 Å². The molecule has 3 rings (SSSR count). The van der Waals surface area contributed by atoms with Crippen LogP contribution in [0.2, 0.25) is 0 Å². The fraction of sp³-hybridized carbons (Fsp3) is 0.105. The van der Waals surface area contributed by atoms with Gasteiger partial charge in [-0.3, -0.25) is 4.79 Å². The Kier molecular flexibility index (Phi) is 4.89. The summed E-state index contributed by atoms with van der Waals surface area (Å²) in [7, 11) is 0. The summed E-state index contributed by atoms with van der Waals surface area (Å²) in [5.74, 6) is -0.394. The SMILES string of the molecule is C=CCNC(=O)COC(=O)c1ccc2noc(-c3ccccc3)c2c1. The predicted octanol–water partition coefficient (Wildman–Crippen LogP) is 2.95. The van der Waals surface area contributed by atoms with Crippen LogP contribution in [-0.4, -0.2) is 30.2 Å². The summed E-state index contributed by atoms with van der Waals surface area (Å²) in [4.78, 5) is 23.6. The first-order valence-corrected chi connectivity index (χ1v) is 7.68. The second kappa shape index (κ2) is 7.44. The minimum atomic E-state index is -0.587. The van der Waals surface area contributed by atoms with Crippen molar-refractivity contribution in [2.24, 2.45) is 0 Å². The van der Waals surface area contributed by atoms with E-state index in [1.165, 1.54) is 0 Å². The number of hydrogen-bond acceptors (Lipinski definition) is 5. The molecular weight excluding hydrogens is 320 g/mol. The Labute approximate surface area is 144 Å². The average Bonchev–Trinajstić information content (AvgIpc) is 3.08. The Balaban J connectivity index is 1.80. The van der Waals surface area contributed by atoms with Gasteiger partial charge < -0.3 is 14.6 Å². The molecule has 0 saturated heterocycles. The van der Waals surface area contributed by atoms with Crippen LogP contribution in [-0.2, 0) is 9.53 Å². The largest absolute Gasteiger partial charge is 0.452 e. The molecule has 25 heavy (non-hydrogen) atoms. The van der Waals surface area contributed by atoms with Crippen LogP contribution in [0.4, 0.5) is 0 Å². The van der Waals surface area contributed by atoms with E-state index in [-0.39, 0.29) is 12.5 Å².